The topological polar surface area (TPSA) is 104 Å². The van der Waals surface area contributed by atoms with Crippen LogP contribution in [0, 0.1) is 4.78 Å². The Hall–Kier alpha value is -2.10. The van der Waals surface area contributed by atoms with Crippen LogP contribution in [-0.4, -0.2) is 28.5 Å². The van der Waals surface area contributed by atoms with Gasteiger partial charge in [0, 0.05) is 10.6 Å². The molecule has 0 bridgehead atoms. The van der Waals surface area contributed by atoms with Crippen molar-refractivity contribution in [2.75, 3.05) is 0 Å². The van der Waals surface area contributed by atoms with E-state index in [2.05, 4.69) is 0 Å². The van der Waals surface area contributed by atoms with Crippen molar-refractivity contribution in [3.8, 4) is 11.1 Å². The summed E-state index contributed by atoms with van der Waals surface area (Å²) < 4.78 is 60.4. The minimum absolute atomic E-state index is 0.0312. The Balaban J connectivity index is 2.26. The Morgan fingerprint density at radius 1 is 1.13 bits per heavy atom. The zero-order valence-electron chi connectivity index (χ0n) is 15.7. The monoisotopic (exact) mass is 461 g/mol. The summed E-state index contributed by atoms with van der Waals surface area (Å²) in [7, 11) is -2.32. The van der Waals surface area contributed by atoms with E-state index in [0.717, 1.165) is 0 Å². The second-order valence-corrected chi connectivity index (χ2v) is 8.54. The quantitative estimate of drug-likeness (QED) is 0.439. The normalized spacial score (nSPS) is 15.0. The summed E-state index contributed by atoms with van der Waals surface area (Å²) in [4.78, 5) is 10.8. The predicted molar refractivity (Wildman–Crippen MR) is 110 cm³/mol. The lowest BCUT2D eigenvalue weighted by molar-refractivity contribution is -0.152. The van der Waals surface area contributed by atoms with Gasteiger partial charge < -0.3 is 19.8 Å². The number of nitrogens with two attached hydrogens (primary N) is 1. The maximum atomic E-state index is 13.7. The molecule has 164 valence electrons. The summed E-state index contributed by atoms with van der Waals surface area (Å²) in [5, 5.41) is 8.13. The van der Waals surface area contributed by atoms with Crippen molar-refractivity contribution in [1.82, 2.24) is 0 Å². The van der Waals surface area contributed by atoms with E-state index in [4.69, 9.17) is 27.2 Å². The van der Waals surface area contributed by atoms with Crippen LogP contribution in [0.15, 0.2) is 48.5 Å². The van der Waals surface area contributed by atoms with Crippen LogP contribution in [0.4, 0.5) is 13.2 Å². The number of alkyl halides is 3. The van der Waals surface area contributed by atoms with E-state index in [-0.39, 0.29) is 18.4 Å². The van der Waals surface area contributed by atoms with Crippen molar-refractivity contribution in [3.05, 3.63) is 59.1 Å². The number of carbonyl (C=O) groups is 1. The lowest BCUT2D eigenvalue weighted by Crippen LogP contribution is -2.32. The third-order valence-corrected chi connectivity index (χ3v) is 6.17. The van der Waals surface area contributed by atoms with Crippen molar-refractivity contribution in [1.29, 1.82) is 4.78 Å². The second kappa shape index (κ2) is 10.3. The third kappa shape index (κ3) is 6.45. The lowest BCUT2D eigenvalue weighted by atomic mass is 9.90. The summed E-state index contributed by atoms with van der Waals surface area (Å²) >= 11 is 6.13. The maximum Gasteiger partial charge on any atom is 0.395 e. The van der Waals surface area contributed by atoms with Gasteiger partial charge in [-0.15, -0.1) is 0 Å². The molecule has 2 aromatic rings. The fourth-order valence-electron chi connectivity index (χ4n) is 3.11. The van der Waals surface area contributed by atoms with E-state index in [9.17, 15) is 22.2 Å². The zero-order chi connectivity index (χ0) is 22.5. The first kappa shape index (κ1) is 24.2. The predicted octanol–water partition coefficient (Wildman–Crippen LogP) is 5.33. The zero-order valence-corrected chi connectivity index (χ0v) is 17.3. The smallest absolute Gasteiger partial charge is 0.395 e. The third-order valence-electron chi connectivity index (χ3n) is 4.81. The molecule has 0 saturated heterocycles. The van der Waals surface area contributed by atoms with Crippen molar-refractivity contribution in [2.24, 2.45) is 5.73 Å². The first-order chi connectivity index (χ1) is 14.0. The number of carboxylic acid groups (broad SMARTS) is 1. The van der Waals surface area contributed by atoms with E-state index < -0.39 is 46.4 Å². The van der Waals surface area contributed by atoms with E-state index in [1.807, 2.05) is 0 Å². The van der Waals surface area contributed by atoms with Crippen molar-refractivity contribution in [3.63, 3.8) is 0 Å². The van der Waals surface area contributed by atoms with Crippen LogP contribution in [0.25, 0.3) is 11.1 Å². The van der Waals surface area contributed by atoms with E-state index in [1.54, 1.807) is 24.3 Å². The van der Waals surface area contributed by atoms with Gasteiger partial charge in [0.2, 0.25) is 0 Å². The molecule has 0 radical (unpaired) electrons. The van der Waals surface area contributed by atoms with Crippen LogP contribution in [0.1, 0.15) is 30.7 Å². The first-order valence-electron chi connectivity index (χ1n) is 9.02. The molecule has 0 aliphatic carbocycles. The molecule has 0 aliphatic heterocycles. The SMILES string of the molecule is N=[S-](=O)[C@@H](CC[C@H](N)C(=O)O)CC(c1ccc(-c2ccccc2Cl)cc1)C(F)(F)F. The first-order valence-corrected chi connectivity index (χ1v) is 10.6. The van der Waals surface area contributed by atoms with Crippen LogP contribution in [0.3, 0.4) is 0 Å². The van der Waals surface area contributed by atoms with Gasteiger partial charge in [-0.2, -0.15) is 23.8 Å². The van der Waals surface area contributed by atoms with Gasteiger partial charge >= 0.3 is 12.1 Å². The van der Waals surface area contributed by atoms with Crippen LogP contribution in [0.2, 0.25) is 5.02 Å². The van der Waals surface area contributed by atoms with Gasteiger partial charge in [-0.1, -0.05) is 72.2 Å². The maximum absolute atomic E-state index is 13.7. The van der Waals surface area contributed by atoms with Crippen molar-refractivity contribution in [2.45, 2.75) is 42.6 Å². The molecule has 2 rings (SSSR count). The number of nitrogens with one attached hydrogen (secondary N) is 1. The van der Waals surface area contributed by atoms with Gasteiger partial charge in [-0.25, -0.2) is 0 Å². The summed E-state index contributed by atoms with van der Waals surface area (Å²) in [6.45, 7) is 0. The Kier molecular flexibility index (Phi) is 8.28. The summed E-state index contributed by atoms with van der Waals surface area (Å²) in [5.41, 5.74) is 6.69. The molecule has 0 fully saturated rings. The molecular formula is C20H21ClF3N2O3S-. The summed E-state index contributed by atoms with van der Waals surface area (Å²) in [6, 6.07) is 11.4. The molecule has 1 unspecified atom stereocenters. The molecule has 0 aliphatic rings. The lowest BCUT2D eigenvalue weighted by Gasteiger charge is -2.28. The minimum Gasteiger partial charge on any atom is -0.480 e. The molecule has 0 spiro atoms. The molecular weight excluding hydrogens is 441 g/mol. The number of carboxylic acids is 1. The summed E-state index contributed by atoms with van der Waals surface area (Å²) in [5.74, 6) is -3.25. The molecule has 0 aromatic heterocycles. The van der Waals surface area contributed by atoms with Gasteiger partial charge in [-0.3, -0.25) is 4.79 Å². The molecule has 3 atom stereocenters. The molecule has 2 aromatic carbocycles. The number of aliphatic carboxylic acids is 1. The van der Waals surface area contributed by atoms with Crippen LogP contribution >= 0.6 is 11.6 Å². The number of hydrogen-bond acceptors (Lipinski definition) is 5. The van der Waals surface area contributed by atoms with E-state index in [0.29, 0.717) is 16.1 Å². The molecule has 10 heteroatoms. The van der Waals surface area contributed by atoms with E-state index in [1.165, 1.54) is 24.3 Å². The van der Waals surface area contributed by atoms with Crippen molar-refractivity contribution < 1.29 is 27.3 Å². The van der Waals surface area contributed by atoms with Gasteiger partial charge in [0.25, 0.3) is 0 Å². The Labute approximate surface area is 179 Å². The largest absolute Gasteiger partial charge is 0.480 e. The number of benzene rings is 2. The standard InChI is InChI=1S/C20H21ClF3N2O3S/c21-17-4-2-1-3-15(17)12-5-7-13(8-6-12)16(20(22,23)24)11-14(30(26)29)9-10-18(25)19(27)28/h1-8,14,16,18,26H,9-11,25H2,(H,27,28)/q-1/t14-,16?,18-/m0/s1. The Bertz CT molecular complexity index is 941. The Morgan fingerprint density at radius 3 is 2.23 bits per heavy atom. The van der Waals surface area contributed by atoms with Gasteiger partial charge in [0.1, 0.15) is 6.04 Å². The highest BCUT2D eigenvalue weighted by molar-refractivity contribution is 7.74. The highest BCUT2D eigenvalue weighted by Crippen LogP contribution is 2.40. The Morgan fingerprint density at radius 2 is 1.73 bits per heavy atom. The average Bonchev–Trinajstić information content (AvgIpc) is 2.67. The summed E-state index contributed by atoms with van der Waals surface area (Å²) in [6.07, 6.45) is -5.55. The van der Waals surface area contributed by atoms with E-state index >= 15 is 0 Å². The molecule has 0 heterocycles. The van der Waals surface area contributed by atoms with Crippen LogP contribution < -0.4 is 5.73 Å². The molecule has 30 heavy (non-hydrogen) atoms. The number of halogens is 4. The number of rotatable bonds is 9. The highest BCUT2D eigenvalue weighted by atomic mass is 35.5. The molecule has 4 N–H and O–H groups in total. The number of hydrogen-bond donors (Lipinski definition) is 3. The van der Waals surface area contributed by atoms with Gasteiger partial charge in [0.05, 0.1) is 5.92 Å². The van der Waals surface area contributed by atoms with Crippen LogP contribution in [-0.2, 0) is 19.6 Å². The molecule has 5 nitrogen and oxygen atoms in total. The molecule has 0 saturated carbocycles. The fraction of sp³-hybridized carbons (Fsp3) is 0.350. The second-order valence-electron chi connectivity index (χ2n) is 6.87. The molecule has 0 amide bonds. The van der Waals surface area contributed by atoms with Crippen molar-refractivity contribution >= 4 is 28.2 Å². The average molecular weight is 462 g/mol. The highest BCUT2D eigenvalue weighted by Gasteiger charge is 2.41. The minimum atomic E-state index is -4.63. The fourth-order valence-corrected chi connectivity index (χ4v) is 4.08. The van der Waals surface area contributed by atoms with Crippen LogP contribution in [0.5, 0.6) is 0 Å². The van der Waals surface area contributed by atoms with Gasteiger partial charge in [-0.05, 0) is 23.6 Å². The van der Waals surface area contributed by atoms with Gasteiger partial charge in [0.15, 0.2) is 0 Å².